The average Bonchev–Trinajstić information content (AvgIpc) is 2.13. The monoisotopic (exact) mass is 260 g/mol. The normalized spacial score (nSPS) is 11.4. The Morgan fingerprint density at radius 2 is 1.62 bits per heavy atom. The van der Waals surface area contributed by atoms with Crippen molar-refractivity contribution in [3.8, 4) is 0 Å². The molecule has 0 aliphatic rings. The van der Waals surface area contributed by atoms with Crippen LogP contribution in [0.15, 0.2) is 12.1 Å². The Morgan fingerprint density at radius 3 is 1.94 bits per heavy atom. The SMILES string of the molecule is COC(=O)c1cc(Cl)c(C(C)(C)C)c(Cl)c1. The molecule has 1 aromatic rings. The minimum Gasteiger partial charge on any atom is -0.465 e. The molecule has 0 spiro atoms. The number of rotatable bonds is 1. The van der Waals surface area contributed by atoms with E-state index in [4.69, 9.17) is 23.2 Å². The lowest BCUT2D eigenvalue weighted by molar-refractivity contribution is 0.0600. The highest BCUT2D eigenvalue weighted by Crippen LogP contribution is 2.36. The Hall–Kier alpha value is -0.730. The second-order valence-corrected chi connectivity index (χ2v) is 5.37. The lowest BCUT2D eigenvalue weighted by atomic mass is 9.86. The summed E-state index contributed by atoms with van der Waals surface area (Å²) in [7, 11) is 1.32. The molecule has 0 amide bonds. The molecule has 0 atom stereocenters. The third-order valence-corrected chi connectivity index (χ3v) is 2.81. The molecule has 16 heavy (non-hydrogen) atoms. The first-order valence-electron chi connectivity index (χ1n) is 4.85. The first-order chi connectivity index (χ1) is 7.27. The van der Waals surface area contributed by atoms with Crippen LogP contribution in [0.5, 0.6) is 0 Å². The number of hydrogen-bond acceptors (Lipinski definition) is 2. The van der Waals surface area contributed by atoms with Crippen molar-refractivity contribution in [3.63, 3.8) is 0 Å². The van der Waals surface area contributed by atoms with Crippen LogP contribution in [0.4, 0.5) is 0 Å². The van der Waals surface area contributed by atoms with Crippen molar-refractivity contribution in [3.05, 3.63) is 33.3 Å². The van der Waals surface area contributed by atoms with Gasteiger partial charge in [-0.15, -0.1) is 0 Å². The highest BCUT2D eigenvalue weighted by Gasteiger charge is 2.22. The molecule has 0 N–H and O–H groups in total. The minimum atomic E-state index is -0.441. The zero-order valence-corrected chi connectivity index (χ0v) is 11.2. The van der Waals surface area contributed by atoms with Gasteiger partial charge in [-0.2, -0.15) is 0 Å². The van der Waals surface area contributed by atoms with Gasteiger partial charge in [0.15, 0.2) is 0 Å². The summed E-state index contributed by atoms with van der Waals surface area (Å²) in [5, 5.41) is 0.973. The number of halogens is 2. The van der Waals surface area contributed by atoms with Crippen LogP contribution in [0.25, 0.3) is 0 Å². The molecule has 4 heteroatoms. The first-order valence-corrected chi connectivity index (χ1v) is 5.61. The molecule has 0 unspecified atom stereocenters. The molecular weight excluding hydrogens is 247 g/mol. The number of methoxy groups -OCH3 is 1. The highest BCUT2D eigenvalue weighted by atomic mass is 35.5. The molecule has 0 saturated carbocycles. The molecule has 2 nitrogen and oxygen atoms in total. The molecule has 1 aromatic carbocycles. The lowest BCUT2D eigenvalue weighted by Gasteiger charge is -2.22. The summed E-state index contributed by atoms with van der Waals surface area (Å²) in [6.07, 6.45) is 0. The van der Waals surface area contributed by atoms with Gasteiger partial charge in [0.05, 0.1) is 12.7 Å². The van der Waals surface area contributed by atoms with Gasteiger partial charge >= 0.3 is 5.97 Å². The summed E-state index contributed by atoms with van der Waals surface area (Å²) in [5.41, 5.74) is 1.04. The van der Waals surface area contributed by atoms with Crippen LogP contribution in [-0.2, 0) is 10.2 Å². The Morgan fingerprint density at radius 1 is 1.19 bits per heavy atom. The Labute approximate surface area is 106 Å². The number of esters is 1. The first kappa shape index (κ1) is 13.3. The van der Waals surface area contributed by atoms with Crippen LogP contribution in [-0.4, -0.2) is 13.1 Å². The van der Waals surface area contributed by atoms with E-state index in [1.54, 1.807) is 12.1 Å². The minimum absolute atomic E-state index is 0.164. The van der Waals surface area contributed by atoms with Crippen LogP contribution in [0.3, 0.4) is 0 Å². The quantitative estimate of drug-likeness (QED) is 0.712. The van der Waals surface area contributed by atoms with Gasteiger partial charge in [0.25, 0.3) is 0 Å². The van der Waals surface area contributed by atoms with E-state index < -0.39 is 5.97 Å². The standard InChI is InChI=1S/C12H14Cl2O2/c1-12(2,3)10-8(13)5-7(6-9(10)14)11(15)16-4/h5-6H,1-4H3. The maximum atomic E-state index is 11.3. The van der Waals surface area contributed by atoms with Gasteiger partial charge in [-0.1, -0.05) is 44.0 Å². The van der Waals surface area contributed by atoms with Crippen LogP contribution in [0.2, 0.25) is 10.0 Å². The van der Waals surface area contributed by atoms with Crippen molar-refractivity contribution in [2.45, 2.75) is 26.2 Å². The van der Waals surface area contributed by atoms with Crippen molar-refractivity contribution < 1.29 is 9.53 Å². The van der Waals surface area contributed by atoms with Crippen LogP contribution >= 0.6 is 23.2 Å². The molecule has 0 aliphatic carbocycles. The van der Waals surface area contributed by atoms with Gasteiger partial charge in [-0.05, 0) is 23.1 Å². The Bertz CT molecular complexity index is 397. The number of benzene rings is 1. The Kier molecular flexibility index (Phi) is 3.87. The fourth-order valence-corrected chi connectivity index (χ4v) is 2.58. The van der Waals surface area contributed by atoms with Crippen molar-refractivity contribution >= 4 is 29.2 Å². The van der Waals surface area contributed by atoms with Crippen molar-refractivity contribution in [2.24, 2.45) is 0 Å². The maximum Gasteiger partial charge on any atom is 0.337 e. The van der Waals surface area contributed by atoms with Gasteiger partial charge in [0.2, 0.25) is 0 Å². The summed E-state index contributed by atoms with van der Waals surface area (Å²) in [6, 6.07) is 3.17. The van der Waals surface area contributed by atoms with E-state index in [2.05, 4.69) is 4.74 Å². The van der Waals surface area contributed by atoms with Crippen molar-refractivity contribution in [2.75, 3.05) is 7.11 Å². The van der Waals surface area contributed by atoms with Gasteiger partial charge in [-0.25, -0.2) is 4.79 Å². The predicted octanol–water partition coefficient (Wildman–Crippen LogP) is 4.08. The van der Waals surface area contributed by atoms with Crippen molar-refractivity contribution in [1.82, 2.24) is 0 Å². The van der Waals surface area contributed by atoms with Crippen LogP contribution < -0.4 is 0 Å². The van der Waals surface area contributed by atoms with E-state index in [0.29, 0.717) is 15.6 Å². The van der Waals surface area contributed by atoms with E-state index in [1.165, 1.54) is 7.11 Å². The van der Waals surface area contributed by atoms with Gasteiger partial charge in [0, 0.05) is 10.0 Å². The van der Waals surface area contributed by atoms with Crippen LogP contribution in [0.1, 0.15) is 36.7 Å². The van der Waals surface area contributed by atoms with Crippen molar-refractivity contribution in [1.29, 1.82) is 0 Å². The predicted molar refractivity (Wildman–Crippen MR) is 66.5 cm³/mol. The summed E-state index contributed by atoms with van der Waals surface area (Å²) in [5.74, 6) is -0.441. The molecule has 0 aliphatic heterocycles. The molecule has 0 bridgehead atoms. The second kappa shape index (κ2) is 4.64. The summed E-state index contributed by atoms with van der Waals surface area (Å²) in [6.45, 7) is 6.04. The largest absolute Gasteiger partial charge is 0.465 e. The summed E-state index contributed by atoms with van der Waals surface area (Å²) >= 11 is 12.3. The molecule has 0 saturated heterocycles. The van der Waals surface area contributed by atoms with Gasteiger partial charge < -0.3 is 4.74 Å². The lowest BCUT2D eigenvalue weighted by Crippen LogP contribution is -2.14. The van der Waals surface area contributed by atoms with E-state index in [0.717, 1.165) is 5.56 Å². The van der Waals surface area contributed by atoms with Gasteiger partial charge in [-0.3, -0.25) is 0 Å². The zero-order valence-electron chi connectivity index (χ0n) is 9.73. The number of carbonyl (C=O) groups is 1. The molecule has 0 heterocycles. The maximum absolute atomic E-state index is 11.3. The number of hydrogen-bond donors (Lipinski definition) is 0. The fourth-order valence-electron chi connectivity index (χ4n) is 1.53. The average molecular weight is 261 g/mol. The topological polar surface area (TPSA) is 26.3 Å². The molecular formula is C12H14Cl2O2. The second-order valence-electron chi connectivity index (χ2n) is 4.56. The Balaban J connectivity index is 3.34. The van der Waals surface area contributed by atoms with E-state index in [1.807, 2.05) is 20.8 Å². The smallest absolute Gasteiger partial charge is 0.337 e. The van der Waals surface area contributed by atoms with E-state index in [-0.39, 0.29) is 5.41 Å². The third kappa shape index (κ3) is 2.69. The van der Waals surface area contributed by atoms with Gasteiger partial charge in [0.1, 0.15) is 0 Å². The summed E-state index contributed by atoms with van der Waals surface area (Å²) in [4.78, 5) is 11.3. The van der Waals surface area contributed by atoms with Crippen LogP contribution in [0, 0.1) is 0 Å². The molecule has 0 radical (unpaired) electrons. The third-order valence-electron chi connectivity index (χ3n) is 2.21. The highest BCUT2D eigenvalue weighted by molar-refractivity contribution is 6.36. The zero-order chi connectivity index (χ0) is 12.5. The fraction of sp³-hybridized carbons (Fsp3) is 0.417. The van der Waals surface area contributed by atoms with E-state index in [9.17, 15) is 4.79 Å². The molecule has 0 aromatic heterocycles. The molecule has 88 valence electrons. The molecule has 1 rings (SSSR count). The van der Waals surface area contributed by atoms with E-state index >= 15 is 0 Å². The number of carbonyl (C=O) groups excluding carboxylic acids is 1. The number of ether oxygens (including phenoxy) is 1. The molecule has 0 fully saturated rings. The summed E-state index contributed by atoms with van der Waals surface area (Å²) < 4.78 is 4.62.